The predicted molar refractivity (Wildman–Crippen MR) is 124 cm³/mol. The molecule has 1 N–H and O–H groups in total. The van der Waals surface area contributed by atoms with Crippen LogP contribution < -0.4 is 19.5 Å². The zero-order chi connectivity index (χ0) is 23.5. The van der Waals surface area contributed by atoms with Crippen LogP contribution in [0.25, 0.3) is 0 Å². The summed E-state index contributed by atoms with van der Waals surface area (Å²) >= 11 is 0. The summed E-state index contributed by atoms with van der Waals surface area (Å²) in [5.41, 5.74) is 0.866. The summed E-state index contributed by atoms with van der Waals surface area (Å²) < 4.78 is 16.4. The minimum absolute atomic E-state index is 0.0233. The highest BCUT2D eigenvalue weighted by atomic mass is 16.5. The van der Waals surface area contributed by atoms with Crippen LogP contribution >= 0.6 is 0 Å². The van der Waals surface area contributed by atoms with Crippen molar-refractivity contribution in [1.29, 1.82) is 0 Å². The lowest BCUT2D eigenvalue weighted by Gasteiger charge is -2.31. The van der Waals surface area contributed by atoms with Crippen LogP contribution in [0.4, 0.5) is 0 Å². The Hall–Kier alpha value is -3.22. The first-order valence-corrected chi connectivity index (χ1v) is 10.9. The van der Waals surface area contributed by atoms with Gasteiger partial charge in [-0.15, -0.1) is 0 Å². The van der Waals surface area contributed by atoms with Crippen LogP contribution in [0.2, 0.25) is 0 Å². The monoisotopic (exact) mass is 442 g/mol. The van der Waals surface area contributed by atoms with Crippen LogP contribution in [0.3, 0.4) is 0 Å². The Morgan fingerprint density at radius 1 is 0.969 bits per heavy atom. The van der Waals surface area contributed by atoms with E-state index < -0.39 is 6.04 Å². The minimum atomic E-state index is -0.621. The van der Waals surface area contributed by atoms with Crippen LogP contribution in [0.1, 0.15) is 39.2 Å². The third-order valence-electron chi connectivity index (χ3n) is 5.29. The first-order chi connectivity index (χ1) is 15.4. The highest BCUT2D eigenvalue weighted by Crippen LogP contribution is 2.26. The van der Waals surface area contributed by atoms with Crippen LogP contribution in [-0.4, -0.2) is 49.6 Å². The predicted octanol–water partition coefficient (Wildman–Crippen LogP) is 3.80. The number of ether oxygens (including phenoxy) is 3. The van der Waals surface area contributed by atoms with Gasteiger partial charge >= 0.3 is 0 Å². The summed E-state index contributed by atoms with van der Waals surface area (Å²) in [6.07, 6.45) is 1.29. The SMILES string of the molecule is CC[C@@H](C)NC(=O)[C@@H](CC)N(Cc1cccc(OC)c1)C(=O)COc1ccccc1OC. The average Bonchev–Trinajstić information content (AvgIpc) is 2.82. The maximum atomic E-state index is 13.3. The number of methoxy groups -OCH3 is 2. The molecule has 32 heavy (non-hydrogen) atoms. The number of carbonyl (C=O) groups excluding carboxylic acids is 2. The molecule has 0 aliphatic rings. The topological polar surface area (TPSA) is 77.1 Å². The molecular formula is C25H34N2O5. The molecule has 0 saturated carbocycles. The van der Waals surface area contributed by atoms with Gasteiger partial charge in [-0.3, -0.25) is 9.59 Å². The Balaban J connectivity index is 2.26. The molecule has 0 aromatic heterocycles. The zero-order valence-electron chi connectivity index (χ0n) is 19.6. The quantitative estimate of drug-likeness (QED) is 0.541. The largest absolute Gasteiger partial charge is 0.497 e. The maximum absolute atomic E-state index is 13.3. The van der Waals surface area contributed by atoms with Gasteiger partial charge in [0.1, 0.15) is 11.8 Å². The molecule has 2 amide bonds. The van der Waals surface area contributed by atoms with Gasteiger partial charge in [-0.2, -0.15) is 0 Å². The molecule has 7 nitrogen and oxygen atoms in total. The van der Waals surface area contributed by atoms with Gasteiger partial charge in [0, 0.05) is 12.6 Å². The Bertz CT molecular complexity index is 886. The van der Waals surface area contributed by atoms with E-state index in [0.717, 1.165) is 12.0 Å². The molecule has 0 heterocycles. The molecule has 0 radical (unpaired) electrons. The first kappa shape index (κ1) is 25.0. The van der Waals surface area contributed by atoms with Crippen molar-refractivity contribution < 1.29 is 23.8 Å². The highest BCUT2D eigenvalue weighted by molar-refractivity contribution is 5.88. The number of amides is 2. The van der Waals surface area contributed by atoms with Gasteiger partial charge in [0.05, 0.1) is 14.2 Å². The molecule has 174 valence electrons. The Morgan fingerprint density at radius 3 is 2.31 bits per heavy atom. The first-order valence-electron chi connectivity index (χ1n) is 10.9. The lowest BCUT2D eigenvalue weighted by molar-refractivity contribution is -0.143. The van der Waals surface area contributed by atoms with Gasteiger partial charge in [0.15, 0.2) is 18.1 Å². The summed E-state index contributed by atoms with van der Waals surface area (Å²) in [5.74, 6) is 1.25. The van der Waals surface area contributed by atoms with Crippen molar-refractivity contribution in [2.24, 2.45) is 0 Å². The molecule has 0 bridgehead atoms. The standard InChI is InChI=1S/C25H34N2O5/c1-6-18(3)26-25(29)21(7-2)27(16-19-11-10-12-20(15-19)30-4)24(28)17-32-23-14-9-8-13-22(23)31-5/h8-15,18,21H,6-7,16-17H2,1-5H3,(H,26,29)/t18-,21-/m1/s1. The lowest BCUT2D eigenvalue weighted by atomic mass is 10.1. The average molecular weight is 443 g/mol. The normalized spacial score (nSPS) is 12.4. The van der Waals surface area contributed by atoms with E-state index >= 15 is 0 Å². The van der Waals surface area contributed by atoms with Crippen LogP contribution in [0, 0.1) is 0 Å². The molecule has 7 heteroatoms. The fraction of sp³-hybridized carbons (Fsp3) is 0.440. The summed E-state index contributed by atoms with van der Waals surface area (Å²) in [6.45, 7) is 5.90. The van der Waals surface area contributed by atoms with Crippen molar-refractivity contribution in [2.45, 2.75) is 52.2 Å². The van der Waals surface area contributed by atoms with E-state index in [1.807, 2.05) is 57.2 Å². The number of hydrogen-bond donors (Lipinski definition) is 1. The molecule has 2 aromatic rings. The van der Waals surface area contributed by atoms with Crippen LogP contribution in [-0.2, 0) is 16.1 Å². The molecule has 0 spiro atoms. The highest BCUT2D eigenvalue weighted by Gasteiger charge is 2.29. The van der Waals surface area contributed by atoms with E-state index in [1.165, 1.54) is 0 Å². The third-order valence-corrected chi connectivity index (χ3v) is 5.29. The lowest BCUT2D eigenvalue weighted by Crippen LogP contribution is -2.51. The van der Waals surface area contributed by atoms with Gasteiger partial charge in [0.25, 0.3) is 5.91 Å². The summed E-state index contributed by atoms with van der Waals surface area (Å²) in [7, 11) is 3.14. The summed E-state index contributed by atoms with van der Waals surface area (Å²) in [5, 5.41) is 3.00. The van der Waals surface area contributed by atoms with Gasteiger partial charge in [0.2, 0.25) is 5.91 Å². The number of nitrogens with zero attached hydrogens (tertiary/aromatic N) is 1. The van der Waals surface area contributed by atoms with Crippen molar-refractivity contribution >= 4 is 11.8 Å². The van der Waals surface area contributed by atoms with E-state index in [9.17, 15) is 9.59 Å². The molecule has 2 aromatic carbocycles. The Kier molecular flexibility index (Phi) is 9.85. The number of carbonyl (C=O) groups is 2. The molecule has 2 rings (SSSR count). The second-order valence-electron chi connectivity index (χ2n) is 7.55. The minimum Gasteiger partial charge on any atom is -0.497 e. The zero-order valence-corrected chi connectivity index (χ0v) is 19.6. The van der Waals surface area contributed by atoms with Crippen molar-refractivity contribution in [3.05, 3.63) is 54.1 Å². The van der Waals surface area contributed by atoms with Crippen molar-refractivity contribution in [1.82, 2.24) is 10.2 Å². The Morgan fingerprint density at radius 2 is 1.69 bits per heavy atom. The summed E-state index contributed by atoms with van der Waals surface area (Å²) in [4.78, 5) is 27.8. The molecule has 0 unspecified atom stereocenters. The van der Waals surface area contributed by atoms with Gasteiger partial charge in [-0.05, 0) is 49.6 Å². The fourth-order valence-electron chi connectivity index (χ4n) is 3.29. The maximum Gasteiger partial charge on any atom is 0.261 e. The molecule has 0 aliphatic heterocycles. The van der Waals surface area contributed by atoms with E-state index in [-0.39, 0.29) is 31.0 Å². The second kappa shape index (κ2) is 12.6. The number of hydrogen-bond acceptors (Lipinski definition) is 5. The van der Waals surface area contributed by atoms with E-state index in [1.54, 1.807) is 31.3 Å². The molecular weight excluding hydrogens is 408 g/mol. The van der Waals surface area contributed by atoms with E-state index in [0.29, 0.717) is 23.7 Å². The van der Waals surface area contributed by atoms with Crippen molar-refractivity contribution in [3.63, 3.8) is 0 Å². The fourth-order valence-corrected chi connectivity index (χ4v) is 3.29. The van der Waals surface area contributed by atoms with E-state index in [4.69, 9.17) is 14.2 Å². The van der Waals surface area contributed by atoms with Crippen molar-refractivity contribution in [2.75, 3.05) is 20.8 Å². The van der Waals surface area contributed by atoms with E-state index in [2.05, 4.69) is 5.32 Å². The number of para-hydroxylation sites is 2. The van der Waals surface area contributed by atoms with Gasteiger partial charge < -0.3 is 24.4 Å². The van der Waals surface area contributed by atoms with Gasteiger partial charge in [-0.25, -0.2) is 0 Å². The molecule has 0 saturated heterocycles. The third kappa shape index (κ3) is 6.90. The van der Waals surface area contributed by atoms with Gasteiger partial charge in [-0.1, -0.05) is 38.1 Å². The molecule has 0 aliphatic carbocycles. The van der Waals surface area contributed by atoms with Crippen LogP contribution in [0.15, 0.2) is 48.5 Å². The summed E-state index contributed by atoms with van der Waals surface area (Å²) in [6, 6.07) is 14.0. The smallest absolute Gasteiger partial charge is 0.261 e. The molecule has 2 atom stereocenters. The number of benzene rings is 2. The number of nitrogens with one attached hydrogen (secondary N) is 1. The second-order valence-corrected chi connectivity index (χ2v) is 7.55. The molecule has 0 fully saturated rings. The van der Waals surface area contributed by atoms with Crippen molar-refractivity contribution in [3.8, 4) is 17.2 Å². The Labute approximate surface area is 190 Å². The number of rotatable bonds is 12. The van der Waals surface area contributed by atoms with Crippen LogP contribution in [0.5, 0.6) is 17.2 Å².